The zero-order valence-corrected chi connectivity index (χ0v) is 14.8. The maximum atomic E-state index is 9.75. The Hall–Kier alpha value is -2.09. The zero-order chi connectivity index (χ0) is 17.0. The Labute approximate surface area is 152 Å². The van der Waals surface area contributed by atoms with Gasteiger partial charge in [-0.05, 0) is 48.8 Å². The topological polar surface area (TPSA) is 39.1 Å². The number of rotatable bonds is 2. The molecule has 1 aliphatic rings. The molecule has 0 bridgehead atoms. The second-order valence-electron chi connectivity index (χ2n) is 5.99. The smallest absolute Gasteiger partial charge is 0.173 e. The van der Waals surface area contributed by atoms with Crippen LogP contribution in [0.15, 0.2) is 54.6 Å². The first-order chi connectivity index (χ1) is 11.6. The van der Waals surface area contributed by atoms with Crippen LogP contribution in [0.3, 0.4) is 0 Å². The van der Waals surface area contributed by atoms with Crippen LogP contribution < -0.4 is 5.32 Å². The molecule has 1 saturated heterocycles. The third-order valence-electron chi connectivity index (χ3n) is 4.52. The Morgan fingerprint density at radius 2 is 1.83 bits per heavy atom. The van der Waals surface area contributed by atoms with Crippen molar-refractivity contribution in [1.29, 1.82) is 5.26 Å². The average molecular weight is 356 g/mol. The predicted molar refractivity (Wildman–Crippen MR) is 102 cm³/mol. The van der Waals surface area contributed by atoms with Crippen LogP contribution in [-0.2, 0) is 5.41 Å². The molecule has 0 saturated carbocycles. The first kappa shape index (κ1) is 16.8. The highest BCUT2D eigenvalue weighted by Crippen LogP contribution is 2.35. The molecule has 0 spiro atoms. The van der Waals surface area contributed by atoms with E-state index in [4.69, 9.17) is 23.8 Å². The summed E-state index contributed by atoms with van der Waals surface area (Å²) >= 11 is 11.5. The van der Waals surface area contributed by atoms with Crippen LogP contribution in [0.5, 0.6) is 0 Å². The molecule has 0 atom stereocenters. The molecular formula is C19H18ClN3S. The van der Waals surface area contributed by atoms with Gasteiger partial charge in [-0.1, -0.05) is 48.0 Å². The number of hydrogen-bond donors (Lipinski definition) is 1. The number of piperidine rings is 1. The number of nitrogens with one attached hydrogen (secondary N) is 1. The van der Waals surface area contributed by atoms with Crippen molar-refractivity contribution in [2.45, 2.75) is 18.3 Å². The fourth-order valence-corrected chi connectivity index (χ4v) is 3.57. The van der Waals surface area contributed by atoms with Crippen molar-refractivity contribution in [1.82, 2.24) is 4.90 Å². The number of hydrogen-bond acceptors (Lipinski definition) is 2. The number of nitrogens with zero attached hydrogens (tertiary/aromatic N) is 2. The molecule has 3 rings (SSSR count). The van der Waals surface area contributed by atoms with Gasteiger partial charge in [0.15, 0.2) is 5.11 Å². The lowest BCUT2D eigenvalue weighted by atomic mass is 9.74. The van der Waals surface area contributed by atoms with Gasteiger partial charge in [0.1, 0.15) is 0 Å². The van der Waals surface area contributed by atoms with Crippen LogP contribution in [0.4, 0.5) is 5.69 Å². The van der Waals surface area contributed by atoms with Crippen molar-refractivity contribution in [2.24, 2.45) is 0 Å². The van der Waals surface area contributed by atoms with Crippen molar-refractivity contribution in [2.75, 3.05) is 18.4 Å². The summed E-state index contributed by atoms with van der Waals surface area (Å²) in [6.07, 6.45) is 1.54. The van der Waals surface area contributed by atoms with Crippen LogP contribution >= 0.6 is 23.8 Å². The minimum absolute atomic E-state index is 0.413. The fourth-order valence-electron chi connectivity index (χ4n) is 3.08. The molecule has 24 heavy (non-hydrogen) atoms. The van der Waals surface area contributed by atoms with Crippen LogP contribution in [0, 0.1) is 11.3 Å². The predicted octanol–water partition coefficient (Wildman–Crippen LogP) is 4.59. The molecule has 1 fully saturated rings. The number of benzene rings is 2. The molecule has 0 aliphatic carbocycles. The van der Waals surface area contributed by atoms with E-state index in [2.05, 4.69) is 16.3 Å². The van der Waals surface area contributed by atoms with E-state index in [1.54, 1.807) is 0 Å². The van der Waals surface area contributed by atoms with Gasteiger partial charge in [-0.2, -0.15) is 5.26 Å². The lowest BCUT2D eigenvalue weighted by Crippen LogP contribution is -2.46. The van der Waals surface area contributed by atoms with E-state index < -0.39 is 5.41 Å². The lowest BCUT2D eigenvalue weighted by Gasteiger charge is -2.38. The molecule has 0 aromatic heterocycles. The second kappa shape index (κ2) is 7.21. The summed E-state index contributed by atoms with van der Waals surface area (Å²) in [4.78, 5) is 2.12. The Kier molecular flexibility index (Phi) is 5.03. The van der Waals surface area contributed by atoms with Crippen molar-refractivity contribution < 1.29 is 0 Å². The normalized spacial score (nSPS) is 16.2. The van der Waals surface area contributed by atoms with Crippen molar-refractivity contribution in [3.63, 3.8) is 0 Å². The van der Waals surface area contributed by atoms with E-state index in [9.17, 15) is 5.26 Å². The van der Waals surface area contributed by atoms with E-state index in [0.29, 0.717) is 10.1 Å². The van der Waals surface area contributed by atoms with Crippen molar-refractivity contribution >= 4 is 34.6 Å². The van der Waals surface area contributed by atoms with Gasteiger partial charge in [-0.25, -0.2) is 0 Å². The van der Waals surface area contributed by atoms with Gasteiger partial charge in [0.25, 0.3) is 0 Å². The molecule has 0 amide bonds. The highest BCUT2D eigenvalue weighted by Gasteiger charge is 2.36. The highest BCUT2D eigenvalue weighted by atomic mass is 35.5. The summed E-state index contributed by atoms with van der Waals surface area (Å²) in [6, 6.07) is 20.1. The number of anilines is 1. The van der Waals surface area contributed by atoms with Crippen LogP contribution in [-0.4, -0.2) is 23.1 Å². The van der Waals surface area contributed by atoms with Gasteiger partial charge in [0, 0.05) is 23.8 Å². The van der Waals surface area contributed by atoms with Gasteiger partial charge in [-0.15, -0.1) is 0 Å². The van der Waals surface area contributed by atoms with Gasteiger partial charge >= 0.3 is 0 Å². The van der Waals surface area contributed by atoms with Crippen LogP contribution in [0.2, 0.25) is 5.02 Å². The largest absolute Gasteiger partial charge is 0.349 e. The fraction of sp³-hybridized carbons (Fsp3) is 0.263. The molecule has 1 N–H and O–H groups in total. The minimum atomic E-state index is -0.413. The van der Waals surface area contributed by atoms with Crippen molar-refractivity contribution in [3.05, 3.63) is 65.2 Å². The summed E-state index contributed by atoms with van der Waals surface area (Å²) in [5, 5.41) is 14.3. The molecule has 1 aliphatic heterocycles. The number of halogens is 1. The average Bonchev–Trinajstić information content (AvgIpc) is 2.62. The molecule has 3 nitrogen and oxygen atoms in total. The standard InChI is InChI=1S/C19H18ClN3S/c20-16-7-4-8-17(13-16)22-18(24)23-11-9-19(14-21,10-12-23)15-5-2-1-3-6-15/h1-8,13H,9-12H2,(H,22,24). The van der Waals surface area contributed by atoms with Crippen LogP contribution in [0.1, 0.15) is 18.4 Å². The summed E-state index contributed by atoms with van der Waals surface area (Å²) < 4.78 is 0. The second-order valence-corrected chi connectivity index (χ2v) is 6.81. The third-order valence-corrected chi connectivity index (χ3v) is 5.12. The van der Waals surface area contributed by atoms with Crippen molar-refractivity contribution in [3.8, 4) is 6.07 Å². The Bertz CT molecular complexity index is 762. The molecule has 0 unspecified atom stereocenters. The molecular weight excluding hydrogens is 338 g/mol. The van der Waals surface area contributed by atoms with E-state index >= 15 is 0 Å². The van der Waals surface area contributed by atoms with Gasteiger partial charge in [-0.3, -0.25) is 0 Å². The highest BCUT2D eigenvalue weighted by molar-refractivity contribution is 7.80. The maximum Gasteiger partial charge on any atom is 0.173 e. The molecule has 1 heterocycles. The SMILES string of the molecule is N#CC1(c2ccccc2)CCN(C(=S)Nc2cccc(Cl)c2)CC1. The first-order valence-electron chi connectivity index (χ1n) is 7.91. The molecule has 2 aromatic rings. The number of nitriles is 1. The van der Waals surface area contributed by atoms with Gasteiger partial charge in [0.2, 0.25) is 0 Å². The Morgan fingerprint density at radius 3 is 2.46 bits per heavy atom. The molecule has 5 heteroatoms. The van der Waals surface area contributed by atoms with Gasteiger partial charge < -0.3 is 10.2 Å². The Morgan fingerprint density at radius 1 is 1.12 bits per heavy atom. The third kappa shape index (κ3) is 3.53. The van der Waals surface area contributed by atoms with E-state index in [1.165, 1.54) is 0 Å². The first-order valence-corrected chi connectivity index (χ1v) is 8.70. The summed E-state index contributed by atoms with van der Waals surface area (Å²) in [6.45, 7) is 1.52. The maximum absolute atomic E-state index is 9.75. The van der Waals surface area contributed by atoms with E-state index in [-0.39, 0.29) is 0 Å². The molecule has 2 aromatic carbocycles. The quantitative estimate of drug-likeness (QED) is 0.799. The minimum Gasteiger partial charge on any atom is -0.349 e. The van der Waals surface area contributed by atoms with E-state index in [0.717, 1.165) is 37.2 Å². The Balaban J connectivity index is 1.66. The molecule has 122 valence electrons. The number of thiocarbonyl (C=S) groups is 1. The summed E-state index contributed by atoms with van der Waals surface area (Å²) in [7, 11) is 0. The summed E-state index contributed by atoms with van der Waals surface area (Å²) in [5.74, 6) is 0. The zero-order valence-electron chi connectivity index (χ0n) is 13.2. The summed E-state index contributed by atoms with van der Waals surface area (Å²) in [5.41, 5.74) is 1.57. The number of likely N-dealkylation sites (tertiary alicyclic amines) is 1. The van der Waals surface area contributed by atoms with Gasteiger partial charge in [0.05, 0.1) is 11.5 Å². The lowest BCUT2D eigenvalue weighted by molar-refractivity contribution is 0.272. The molecule has 0 radical (unpaired) electrons. The van der Waals surface area contributed by atoms with E-state index in [1.807, 2.05) is 54.6 Å². The monoisotopic (exact) mass is 355 g/mol. The van der Waals surface area contributed by atoms with Crippen LogP contribution in [0.25, 0.3) is 0 Å².